The zero-order chi connectivity index (χ0) is 26.1. The molecule has 2 fully saturated rings. The normalized spacial score (nSPS) is 17.8. The maximum atomic E-state index is 13.8. The third-order valence-corrected chi connectivity index (χ3v) is 8.42. The standard InChI is InChI=1S/C28H28N4O3S2/c1-2-31-22-11-7-6-10-20(22)24(30-14-12-19(13-15-30)25(29)33)21(26(31)34)16-23-27(35)32(28(36)37-23)17-18-8-4-3-5-9-18/h3-11,16,19H,2,12-15,17H2,1H3,(H2,29,33). The number of fused-ring (bicyclic) bond motifs is 1. The highest BCUT2D eigenvalue weighted by atomic mass is 32.2. The Kier molecular flexibility index (Phi) is 7.17. The number of carbonyl (C=O) groups is 2. The minimum atomic E-state index is -0.284. The smallest absolute Gasteiger partial charge is 0.266 e. The van der Waals surface area contributed by atoms with Gasteiger partial charge in [0.05, 0.1) is 28.2 Å². The molecule has 0 atom stereocenters. The van der Waals surface area contributed by atoms with Crippen molar-refractivity contribution in [1.29, 1.82) is 0 Å². The topological polar surface area (TPSA) is 88.6 Å². The summed E-state index contributed by atoms with van der Waals surface area (Å²) in [5, 5.41) is 0.937. The number of pyridine rings is 1. The van der Waals surface area contributed by atoms with Crippen LogP contribution in [0.15, 0.2) is 64.3 Å². The molecule has 2 amide bonds. The first-order valence-electron chi connectivity index (χ1n) is 12.4. The van der Waals surface area contributed by atoms with Gasteiger partial charge in [-0.15, -0.1) is 0 Å². The van der Waals surface area contributed by atoms with Crippen molar-refractivity contribution in [2.45, 2.75) is 32.9 Å². The molecule has 3 aromatic rings. The third kappa shape index (κ3) is 4.81. The van der Waals surface area contributed by atoms with Gasteiger partial charge in [0.15, 0.2) is 0 Å². The van der Waals surface area contributed by atoms with Gasteiger partial charge in [0.25, 0.3) is 11.5 Å². The SMILES string of the molecule is CCn1c(=O)c(C=C2SC(=S)N(Cc3ccccc3)C2=O)c(N2CCC(C(N)=O)CC2)c2ccccc21. The van der Waals surface area contributed by atoms with Crippen LogP contribution in [-0.2, 0) is 22.7 Å². The third-order valence-electron chi connectivity index (χ3n) is 7.04. The number of benzene rings is 2. The fourth-order valence-corrected chi connectivity index (χ4v) is 6.35. The highest BCUT2D eigenvalue weighted by Gasteiger charge is 2.33. The summed E-state index contributed by atoms with van der Waals surface area (Å²) in [6.07, 6.45) is 2.96. The summed E-state index contributed by atoms with van der Waals surface area (Å²) in [5.41, 5.74) is 8.50. The molecule has 0 bridgehead atoms. The number of carbonyl (C=O) groups excluding carboxylic acids is 2. The Morgan fingerprint density at radius 1 is 1.08 bits per heavy atom. The molecule has 2 aliphatic rings. The van der Waals surface area contributed by atoms with E-state index in [1.54, 1.807) is 15.5 Å². The molecule has 3 heterocycles. The first kappa shape index (κ1) is 25.2. The summed E-state index contributed by atoms with van der Waals surface area (Å²) in [7, 11) is 0. The van der Waals surface area contributed by atoms with Crippen molar-refractivity contribution in [3.05, 3.63) is 81.0 Å². The molecular weight excluding hydrogens is 504 g/mol. The van der Waals surface area contributed by atoms with E-state index >= 15 is 0 Å². The van der Waals surface area contributed by atoms with Crippen LogP contribution in [0.4, 0.5) is 5.69 Å². The lowest BCUT2D eigenvalue weighted by molar-refractivity contribution is -0.123. The zero-order valence-electron chi connectivity index (χ0n) is 20.6. The van der Waals surface area contributed by atoms with E-state index in [0.717, 1.165) is 22.2 Å². The quantitative estimate of drug-likeness (QED) is 0.380. The summed E-state index contributed by atoms with van der Waals surface area (Å²) in [5.74, 6) is -0.655. The average Bonchev–Trinajstić information content (AvgIpc) is 3.17. The van der Waals surface area contributed by atoms with E-state index in [9.17, 15) is 14.4 Å². The Bertz CT molecular complexity index is 1470. The van der Waals surface area contributed by atoms with Gasteiger partial charge in [-0.05, 0) is 37.5 Å². The molecule has 0 aliphatic carbocycles. The maximum Gasteiger partial charge on any atom is 0.266 e. The Balaban J connectivity index is 1.60. The highest BCUT2D eigenvalue weighted by molar-refractivity contribution is 8.26. The Labute approximate surface area is 224 Å². The van der Waals surface area contributed by atoms with Crippen LogP contribution in [0, 0.1) is 5.92 Å². The second kappa shape index (κ2) is 10.5. The van der Waals surface area contributed by atoms with Crippen molar-refractivity contribution in [1.82, 2.24) is 9.47 Å². The Hall–Kier alpha value is -3.43. The van der Waals surface area contributed by atoms with Crippen molar-refractivity contribution in [2.24, 2.45) is 11.7 Å². The Morgan fingerprint density at radius 2 is 1.76 bits per heavy atom. The van der Waals surface area contributed by atoms with Crippen LogP contribution < -0.4 is 16.2 Å². The summed E-state index contributed by atoms with van der Waals surface area (Å²) in [6.45, 7) is 4.02. The second-order valence-electron chi connectivity index (χ2n) is 9.25. The van der Waals surface area contributed by atoms with Gasteiger partial charge in [-0.25, -0.2) is 0 Å². The van der Waals surface area contributed by atoms with Gasteiger partial charge in [0.2, 0.25) is 5.91 Å². The van der Waals surface area contributed by atoms with Crippen LogP contribution in [-0.4, -0.2) is 38.7 Å². The molecule has 1 aromatic heterocycles. The van der Waals surface area contributed by atoms with Crippen LogP contribution in [0.25, 0.3) is 17.0 Å². The molecule has 0 unspecified atom stereocenters. The van der Waals surface area contributed by atoms with Gasteiger partial charge in [-0.3, -0.25) is 19.3 Å². The first-order chi connectivity index (χ1) is 17.9. The number of amides is 2. The summed E-state index contributed by atoms with van der Waals surface area (Å²) in [4.78, 5) is 43.2. The fraction of sp³-hybridized carbons (Fsp3) is 0.286. The van der Waals surface area contributed by atoms with Crippen molar-refractivity contribution in [2.75, 3.05) is 18.0 Å². The minimum absolute atomic E-state index is 0.151. The highest BCUT2D eigenvalue weighted by Crippen LogP contribution is 2.37. The number of rotatable bonds is 6. The van der Waals surface area contributed by atoms with Crippen LogP contribution in [0.1, 0.15) is 30.9 Å². The number of nitrogens with two attached hydrogens (primary N) is 1. The van der Waals surface area contributed by atoms with E-state index < -0.39 is 0 Å². The van der Waals surface area contributed by atoms with Gasteiger partial charge < -0.3 is 15.2 Å². The molecule has 2 N–H and O–H groups in total. The van der Waals surface area contributed by atoms with Gasteiger partial charge in [0, 0.05) is 30.9 Å². The van der Waals surface area contributed by atoms with Crippen molar-refractivity contribution in [3.8, 4) is 0 Å². The summed E-state index contributed by atoms with van der Waals surface area (Å²) in [6, 6.07) is 17.5. The van der Waals surface area contributed by atoms with E-state index in [2.05, 4.69) is 4.90 Å². The predicted molar refractivity (Wildman–Crippen MR) is 153 cm³/mol. The number of thioether (sulfide) groups is 1. The van der Waals surface area contributed by atoms with E-state index in [0.29, 0.717) is 53.8 Å². The number of aromatic nitrogens is 1. The Morgan fingerprint density at radius 3 is 2.43 bits per heavy atom. The van der Waals surface area contributed by atoms with Crippen molar-refractivity contribution in [3.63, 3.8) is 0 Å². The van der Waals surface area contributed by atoms with Crippen LogP contribution >= 0.6 is 24.0 Å². The van der Waals surface area contributed by atoms with E-state index in [1.807, 2.05) is 61.5 Å². The van der Waals surface area contributed by atoms with Crippen molar-refractivity contribution < 1.29 is 9.59 Å². The predicted octanol–water partition coefficient (Wildman–Crippen LogP) is 4.12. The average molecular weight is 533 g/mol. The molecule has 190 valence electrons. The molecule has 37 heavy (non-hydrogen) atoms. The molecule has 2 saturated heterocycles. The number of para-hydroxylation sites is 1. The molecular formula is C28H28N4O3S2. The van der Waals surface area contributed by atoms with Crippen LogP contribution in [0.2, 0.25) is 0 Å². The number of piperidine rings is 1. The summed E-state index contributed by atoms with van der Waals surface area (Å²) < 4.78 is 2.21. The number of thiocarbonyl (C=S) groups is 1. The number of hydrogen-bond donors (Lipinski definition) is 1. The van der Waals surface area contributed by atoms with Crippen molar-refractivity contribution >= 4 is 62.8 Å². The molecule has 9 heteroatoms. The molecule has 5 rings (SSSR count). The number of hydrogen-bond acceptors (Lipinski definition) is 6. The largest absolute Gasteiger partial charge is 0.370 e. The number of aryl methyl sites for hydroxylation is 1. The fourth-order valence-electron chi connectivity index (χ4n) is 5.12. The lowest BCUT2D eigenvalue weighted by atomic mass is 9.94. The molecule has 0 spiro atoms. The lowest BCUT2D eigenvalue weighted by Gasteiger charge is -2.34. The van der Waals surface area contributed by atoms with E-state index in [-0.39, 0.29) is 23.3 Å². The number of anilines is 1. The summed E-state index contributed by atoms with van der Waals surface area (Å²) >= 11 is 6.78. The van der Waals surface area contributed by atoms with E-state index in [4.69, 9.17) is 18.0 Å². The molecule has 2 aromatic carbocycles. The molecule has 0 saturated carbocycles. The van der Waals surface area contributed by atoms with Crippen LogP contribution in [0.5, 0.6) is 0 Å². The monoisotopic (exact) mass is 532 g/mol. The molecule has 7 nitrogen and oxygen atoms in total. The zero-order valence-corrected chi connectivity index (χ0v) is 22.2. The van der Waals surface area contributed by atoms with Gasteiger partial charge in [-0.1, -0.05) is 72.5 Å². The van der Waals surface area contributed by atoms with Gasteiger partial charge >= 0.3 is 0 Å². The number of nitrogens with zero attached hydrogens (tertiary/aromatic N) is 3. The lowest BCUT2D eigenvalue weighted by Crippen LogP contribution is -2.40. The minimum Gasteiger partial charge on any atom is -0.370 e. The molecule has 0 radical (unpaired) electrons. The van der Waals surface area contributed by atoms with E-state index in [1.165, 1.54) is 11.8 Å². The molecule has 2 aliphatic heterocycles. The number of primary amides is 1. The van der Waals surface area contributed by atoms with Crippen LogP contribution in [0.3, 0.4) is 0 Å². The first-order valence-corrected chi connectivity index (χ1v) is 13.6. The maximum absolute atomic E-state index is 13.8. The second-order valence-corrected chi connectivity index (χ2v) is 10.9. The van der Waals surface area contributed by atoms with Gasteiger partial charge in [0.1, 0.15) is 4.32 Å². The van der Waals surface area contributed by atoms with Gasteiger partial charge in [-0.2, -0.15) is 0 Å².